The minimum Gasteiger partial charge on any atom is -0.340 e. The minimum atomic E-state index is 0.367. The number of nitrogens with zero attached hydrogens (tertiary/aromatic N) is 3. The maximum absolute atomic E-state index is 12.3. The van der Waals surface area contributed by atoms with Gasteiger partial charge in [-0.3, -0.25) is 9.69 Å². The van der Waals surface area contributed by atoms with Gasteiger partial charge >= 0.3 is 0 Å². The number of carbonyl (C=O) groups excluding carboxylic acids is 1. The fraction of sp³-hybridized carbons (Fsp3) is 0.947. The summed E-state index contributed by atoms with van der Waals surface area (Å²) in [5, 5.41) is 0. The maximum Gasteiger partial charge on any atom is 0.222 e. The van der Waals surface area contributed by atoms with Gasteiger partial charge < -0.3 is 9.80 Å². The largest absolute Gasteiger partial charge is 0.340 e. The Hall–Kier alpha value is -0.610. The fourth-order valence-electron chi connectivity index (χ4n) is 4.07. The van der Waals surface area contributed by atoms with Crippen molar-refractivity contribution in [2.45, 2.75) is 59.4 Å². The first-order valence-electron chi connectivity index (χ1n) is 9.70. The van der Waals surface area contributed by atoms with Crippen molar-refractivity contribution in [1.82, 2.24) is 14.7 Å². The second kappa shape index (κ2) is 9.03. The van der Waals surface area contributed by atoms with Gasteiger partial charge in [0, 0.05) is 45.2 Å². The van der Waals surface area contributed by atoms with Gasteiger partial charge in [0.15, 0.2) is 0 Å². The Balaban J connectivity index is 1.59. The molecule has 0 aliphatic carbocycles. The third-order valence-corrected chi connectivity index (χ3v) is 5.44. The average molecular weight is 324 g/mol. The molecule has 2 heterocycles. The van der Waals surface area contributed by atoms with Crippen molar-refractivity contribution in [3.63, 3.8) is 0 Å². The average Bonchev–Trinajstić information content (AvgIpc) is 2.93. The highest BCUT2D eigenvalue weighted by molar-refractivity contribution is 5.76. The molecule has 0 saturated carbocycles. The summed E-state index contributed by atoms with van der Waals surface area (Å²) in [7, 11) is 0. The van der Waals surface area contributed by atoms with Gasteiger partial charge in [-0.15, -0.1) is 0 Å². The molecule has 2 aliphatic rings. The van der Waals surface area contributed by atoms with Crippen molar-refractivity contribution < 1.29 is 4.79 Å². The summed E-state index contributed by atoms with van der Waals surface area (Å²) in [5.41, 5.74) is 0. The Bertz CT molecular complexity index is 362. The lowest BCUT2D eigenvalue weighted by molar-refractivity contribution is -0.133. The van der Waals surface area contributed by atoms with Crippen molar-refractivity contribution in [3.05, 3.63) is 0 Å². The molecular formula is C19H37N3O. The fourth-order valence-corrected chi connectivity index (χ4v) is 4.07. The van der Waals surface area contributed by atoms with Crippen molar-refractivity contribution >= 4 is 5.91 Å². The lowest BCUT2D eigenvalue weighted by Gasteiger charge is -2.37. The molecule has 0 unspecified atom stereocenters. The molecule has 134 valence electrons. The first-order chi connectivity index (χ1) is 11.0. The highest BCUT2D eigenvalue weighted by atomic mass is 16.2. The highest BCUT2D eigenvalue weighted by Gasteiger charge is 2.24. The van der Waals surface area contributed by atoms with Gasteiger partial charge in [0.1, 0.15) is 0 Å². The Labute approximate surface area is 143 Å². The number of hydrogen-bond donors (Lipinski definition) is 0. The quantitative estimate of drug-likeness (QED) is 0.721. The molecule has 2 fully saturated rings. The van der Waals surface area contributed by atoms with Crippen LogP contribution in [0.5, 0.6) is 0 Å². The zero-order chi connectivity index (χ0) is 16.8. The van der Waals surface area contributed by atoms with Crippen LogP contribution in [0, 0.1) is 11.8 Å². The predicted molar refractivity (Wildman–Crippen MR) is 96.5 cm³/mol. The molecule has 0 aromatic rings. The molecule has 2 saturated heterocycles. The van der Waals surface area contributed by atoms with Gasteiger partial charge in [-0.1, -0.05) is 13.8 Å². The van der Waals surface area contributed by atoms with E-state index >= 15 is 0 Å². The van der Waals surface area contributed by atoms with Gasteiger partial charge in [-0.2, -0.15) is 0 Å². The second-order valence-electron chi connectivity index (χ2n) is 8.20. The van der Waals surface area contributed by atoms with Crippen LogP contribution in [0.4, 0.5) is 0 Å². The summed E-state index contributed by atoms with van der Waals surface area (Å²) >= 11 is 0. The van der Waals surface area contributed by atoms with Crippen LogP contribution in [-0.2, 0) is 4.79 Å². The van der Waals surface area contributed by atoms with Crippen molar-refractivity contribution in [2.75, 3.05) is 45.8 Å². The molecule has 0 bridgehead atoms. The summed E-state index contributed by atoms with van der Waals surface area (Å²) in [6.45, 7) is 16.6. The highest BCUT2D eigenvalue weighted by Crippen LogP contribution is 2.23. The van der Waals surface area contributed by atoms with E-state index in [2.05, 4.69) is 42.4 Å². The number of piperazine rings is 1. The van der Waals surface area contributed by atoms with Crippen LogP contribution < -0.4 is 0 Å². The first-order valence-corrected chi connectivity index (χ1v) is 9.70. The lowest BCUT2D eigenvalue weighted by Crippen LogP contribution is -2.50. The maximum atomic E-state index is 12.3. The molecule has 2 aliphatic heterocycles. The van der Waals surface area contributed by atoms with Crippen LogP contribution >= 0.6 is 0 Å². The summed E-state index contributed by atoms with van der Waals surface area (Å²) in [4.78, 5) is 19.4. The van der Waals surface area contributed by atoms with Crippen LogP contribution in [0.2, 0.25) is 0 Å². The Morgan fingerprint density at radius 3 is 2.35 bits per heavy atom. The molecule has 0 aromatic carbocycles. The molecular weight excluding hydrogens is 286 g/mol. The normalized spacial score (nSPS) is 24.1. The van der Waals surface area contributed by atoms with Crippen LogP contribution in [-0.4, -0.2) is 72.5 Å². The van der Waals surface area contributed by atoms with E-state index in [1.165, 1.54) is 25.9 Å². The van der Waals surface area contributed by atoms with Gasteiger partial charge in [0.05, 0.1) is 0 Å². The molecule has 0 N–H and O–H groups in total. The van der Waals surface area contributed by atoms with Gasteiger partial charge in [0.25, 0.3) is 0 Å². The Morgan fingerprint density at radius 2 is 1.74 bits per heavy atom. The number of hydrogen-bond acceptors (Lipinski definition) is 3. The molecule has 1 atom stereocenters. The topological polar surface area (TPSA) is 26.8 Å². The van der Waals surface area contributed by atoms with Crippen LogP contribution in [0.15, 0.2) is 0 Å². The zero-order valence-corrected chi connectivity index (χ0v) is 15.8. The second-order valence-corrected chi connectivity index (χ2v) is 8.20. The molecule has 0 aromatic heterocycles. The van der Waals surface area contributed by atoms with Crippen molar-refractivity contribution in [2.24, 2.45) is 11.8 Å². The summed E-state index contributed by atoms with van der Waals surface area (Å²) in [5.74, 6) is 2.06. The number of rotatable bonds is 7. The van der Waals surface area contributed by atoms with Crippen LogP contribution in [0.1, 0.15) is 53.4 Å². The number of amides is 1. The third-order valence-electron chi connectivity index (χ3n) is 5.44. The van der Waals surface area contributed by atoms with Crippen molar-refractivity contribution in [3.8, 4) is 0 Å². The smallest absolute Gasteiger partial charge is 0.222 e. The van der Waals surface area contributed by atoms with Crippen LogP contribution in [0.25, 0.3) is 0 Å². The van der Waals surface area contributed by atoms with Gasteiger partial charge in [-0.25, -0.2) is 0 Å². The monoisotopic (exact) mass is 323 g/mol. The van der Waals surface area contributed by atoms with E-state index in [0.717, 1.165) is 57.4 Å². The predicted octanol–water partition coefficient (Wildman–Crippen LogP) is 2.69. The molecule has 0 spiro atoms. The van der Waals surface area contributed by atoms with Crippen LogP contribution in [0.3, 0.4) is 0 Å². The van der Waals surface area contributed by atoms with Gasteiger partial charge in [-0.05, 0) is 58.0 Å². The van der Waals surface area contributed by atoms with E-state index in [0.29, 0.717) is 11.9 Å². The molecule has 4 heteroatoms. The SMILES string of the molecule is CC(C)C[C@H]1CCN(CCCC(=O)N2CCN(C(C)C)CC2)C1. The van der Waals surface area contributed by atoms with Crippen molar-refractivity contribution in [1.29, 1.82) is 0 Å². The number of likely N-dealkylation sites (tertiary alicyclic amines) is 1. The molecule has 0 radical (unpaired) electrons. The number of carbonyl (C=O) groups is 1. The standard InChI is InChI=1S/C19H37N3O/c1-16(2)14-18-7-9-20(15-18)8-5-6-19(23)22-12-10-21(11-13-22)17(3)4/h16-18H,5-15H2,1-4H3/t18-/m1/s1. The van der Waals surface area contributed by atoms with E-state index in [9.17, 15) is 4.79 Å². The lowest BCUT2D eigenvalue weighted by atomic mass is 9.97. The van der Waals surface area contributed by atoms with Gasteiger partial charge in [0.2, 0.25) is 5.91 Å². The summed E-state index contributed by atoms with van der Waals surface area (Å²) < 4.78 is 0. The molecule has 23 heavy (non-hydrogen) atoms. The first kappa shape index (κ1) is 18.7. The Kier molecular flexibility index (Phi) is 7.35. The van der Waals surface area contributed by atoms with E-state index in [4.69, 9.17) is 0 Å². The zero-order valence-electron chi connectivity index (χ0n) is 15.8. The van der Waals surface area contributed by atoms with E-state index in [-0.39, 0.29) is 0 Å². The molecule has 2 rings (SSSR count). The van der Waals surface area contributed by atoms with E-state index in [1.54, 1.807) is 0 Å². The summed E-state index contributed by atoms with van der Waals surface area (Å²) in [6.07, 6.45) is 4.46. The third kappa shape index (κ3) is 6.07. The van der Waals surface area contributed by atoms with E-state index < -0.39 is 0 Å². The Morgan fingerprint density at radius 1 is 1.04 bits per heavy atom. The summed E-state index contributed by atoms with van der Waals surface area (Å²) in [6, 6.07) is 0.598. The molecule has 1 amide bonds. The minimum absolute atomic E-state index is 0.367. The van der Waals surface area contributed by atoms with E-state index in [1.807, 2.05) is 0 Å². The molecule has 4 nitrogen and oxygen atoms in total.